The van der Waals surface area contributed by atoms with Crippen LogP contribution in [0.4, 0.5) is 0 Å². The summed E-state index contributed by atoms with van der Waals surface area (Å²) in [6.45, 7) is 0. The zero-order valence-electron chi connectivity index (χ0n) is 10.9. The number of aliphatic hydroxyl groups excluding tert-OH is 1. The molecule has 0 bridgehead atoms. The minimum absolute atomic E-state index is 0.519. The molecule has 1 atom stereocenters. The van der Waals surface area contributed by atoms with E-state index in [9.17, 15) is 5.11 Å². The van der Waals surface area contributed by atoms with Crippen LogP contribution in [0.3, 0.4) is 0 Å². The molecule has 1 unspecified atom stereocenters. The van der Waals surface area contributed by atoms with Crippen LogP contribution < -0.4 is 4.74 Å². The molecule has 0 spiro atoms. The normalized spacial score (nSPS) is 17.9. The van der Waals surface area contributed by atoms with Crippen LogP contribution in [0.1, 0.15) is 50.2 Å². The molecule has 100 valence electrons. The highest BCUT2D eigenvalue weighted by Gasteiger charge is 2.20. The Morgan fingerprint density at radius 2 is 2.11 bits per heavy atom. The fourth-order valence-electron chi connectivity index (χ4n) is 2.86. The maximum absolute atomic E-state index is 10.3. The van der Waals surface area contributed by atoms with E-state index in [-0.39, 0.29) is 0 Å². The van der Waals surface area contributed by atoms with Gasteiger partial charge in [-0.2, -0.15) is 0 Å². The largest absolute Gasteiger partial charge is 0.496 e. The van der Waals surface area contributed by atoms with Gasteiger partial charge in [-0.3, -0.25) is 0 Å². The molecule has 1 N–H and O–H groups in total. The molecule has 2 nitrogen and oxygen atoms in total. The second kappa shape index (κ2) is 6.44. The number of ether oxygens (including phenoxy) is 1. The second-order valence-electron chi connectivity index (χ2n) is 5.10. The Bertz CT molecular complexity index is 386. The van der Waals surface area contributed by atoms with Crippen LogP contribution in [0.5, 0.6) is 5.75 Å². The first kappa shape index (κ1) is 13.7. The van der Waals surface area contributed by atoms with E-state index in [4.69, 9.17) is 16.3 Å². The van der Waals surface area contributed by atoms with Crippen LogP contribution >= 0.6 is 11.6 Å². The van der Waals surface area contributed by atoms with E-state index < -0.39 is 6.10 Å². The van der Waals surface area contributed by atoms with Crippen molar-refractivity contribution in [2.45, 2.75) is 44.6 Å². The molecule has 0 aromatic heterocycles. The summed E-state index contributed by atoms with van der Waals surface area (Å²) < 4.78 is 5.27. The summed E-state index contributed by atoms with van der Waals surface area (Å²) in [5.74, 6) is 1.47. The maximum Gasteiger partial charge on any atom is 0.126 e. The summed E-state index contributed by atoms with van der Waals surface area (Å²) in [5, 5.41) is 10.9. The quantitative estimate of drug-likeness (QED) is 0.860. The van der Waals surface area contributed by atoms with E-state index in [2.05, 4.69) is 0 Å². The first-order valence-corrected chi connectivity index (χ1v) is 7.10. The number of hydrogen-bond acceptors (Lipinski definition) is 2. The first-order chi connectivity index (χ1) is 8.72. The minimum atomic E-state index is -0.519. The summed E-state index contributed by atoms with van der Waals surface area (Å²) in [6, 6.07) is 5.49. The van der Waals surface area contributed by atoms with Gasteiger partial charge in [0.05, 0.1) is 18.2 Å². The van der Waals surface area contributed by atoms with Crippen molar-refractivity contribution in [3.05, 3.63) is 28.8 Å². The average molecular weight is 269 g/mol. The van der Waals surface area contributed by atoms with Crippen molar-refractivity contribution in [1.29, 1.82) is 0 Å². The lowest BCUT2D eigenvalue weighted by molar-refractivity contribution is 0.153. The lowest BCUT2D eigenvalue weighted by Crippen LogP contribution is -2.04. The Morgan fingerprint density at radius 3 is 2.78 bits per heavy atom. The molecule has 0 radical (unpaired) electrons. The predicted octanol–water partition coefficient (Wildman–Crippen LogP) is 4.35. The van der Waals surface area contributed by atoms with Gasteiger partial charge in [0.15, 0.2) is 0 Å². The molecule has 1 saturated carbocycles. The minimum Gasteiger partial charge on any atom is -0.496 e. The third kappa shape index (κ3) is 3.18. The smallest absolute Gasteiger partial charge is 0.126 e. The Labute approximate surface area is 114 Å². The lowest BCUT2D eigenvalue weighted by Gasteiger charge is -2.18. The van der Waals surface area contributed by atoms with Crippen molar-refractivity contribution in [2.24, 2.45) is 5.92 Å². The van der Waals surface area contributed by atoms with Gasteiger partial charge in [-0.15, -0.1) is 0 Å². The molecule has 0 aliphatic heterocycles. The predicted molar refractivity (Wildman–Crippen MR) is 74.2 cm³/mol. The van der Waals surface area contributed by atoms with E-state index >= 15 is 0 Å². The van der Waals surface area contributed by atoms with Crippen molar-refractivity contribution in [3.8, 4) is 5.75 Å². The fourth-order valence-corrected chi connectivity index (χ4v) is 3.15. The molecule has 1 aromatic carbocycles. The maximum atomic E-state index is 10.3. The van der Waals surface area contributed by atoms with Crippen molar-refractivity contribution in [2.75, 3.05) is 7.11 Å². The third-order valence-electron chi connectivity index (χ3n) is 3.89. The van der Waals surface area contributed by atoms with Gasteiger partial charge in [-0.1, -0.05) is 43.4 Å². The number of benzene rings is 1. The van der Waals surface area contributed by atoms with E-state index in [1.807, 2.05) is 12.1 Å². The van der Waals surface area contributed by atoms with Gasteiger partial charge in [0, 0.05) is 5.56 Å². The third-order valence-corrected chi connectivity index (χ3v) is 4.22. The zero-order valence-corrected chi connectivity index (χ0v) is 11.6. The van der Waals surface area contributed by atoms with Crippen LogP contribution in [0.15, 0.2) is 18.2 Å². The molecule has 1 aliphatic carbocycles. The van der Waals surface area contributed by atoms with Crippen LogP contribution in [-0.2, 0) is 0 Å². The van der Waals surface area contributed by atoms with Crippen LogP contribution in [0.2, 0.25) is 5.02 Å². The van der Waals surface area contributed by atoms with Crippen molar-refractivity contribution in [3.63, 3.8) is 0 Å². The Morgan fingerprint density at radius 1 is 1.39 bits per heavy atom. The van der Waals surface area contributed by atoms with E-state index in [1.165, 1.54) is 25.7 Å². The van der Waals surface area contributed by atoms with E-state index in [0.717, 1.165) is 24.3 Å². The molecule has 0 heterocycles. The van der Waals surface area contributed by atoms with Crippen LogP contribution in [0.25, 0.3) is 0 Å². The van der Waals surface area contributed by atoms with Gasteiger partial charge in [0.1, 0.15) is 5.75 Å². The van der Waals surface area contributed by atoms with Gasteiger partial charge in [-0.05, 0) is 30.9 Å². The summed E-state index contributed by atoms with van der Waals surface area (Å²) in [5.41, 5.74) is 0.736. The van der Waals surface area contributed by atoms with Crippen molar-refractivity contribution in [1.82, 2.24) is 0 Å². The molecular formula is C15H21ClO2. The van der Waals surface area contributed by atoms with Crippen LogP contribution in [0, 0.1) is 5.92 Å². The Balaban J connectivity index is 2.01. The van der Waals surface area contributed by atoms with Gasteiger partial charge in [0.25, 0.3) is 0 Å². The molecule has 0 saturated heterocycles. The SMILES string of the molecule is COc1cccc(Cl)c1C(O)CCC1CCCC1. The molecule has 1 aromatic rings. The van der Waals surface area contributed by atoms with E-state index in [1.54, 1.807) is 13.2 Å². The molecule has 1 fully saturated rings. The Kier molecular flexibility index (Phi) is 4.90. The standard InChI is InChI=1S/C15H21ClO2/c1-18-14-8-4-7-12(16)15(14)13(17)10-9-11-5-2-3-6-11/h4,7-8,11,13,17H,2-3,5-6,9-10H2,1H3. The van der Waals surface area contributed by atoms with Crippen molar-refractivity contribution < 1.29 is 9.84 Å². The second-order valence-corrected chi connectivity index (χ2v) is 5.51. The highest BCUT2D eigenvalue weighted by molar-refractivity contribution is 6.31. The van der Waals surface area contributed by atoms with Gasteiger partial charge >= 0.3 is 0 Å². The van der Waals surface area contributed by atoms with Crippen LogP contribution in [-0.4, -0.2) is 12.2 Å². The summed E-state index contributed by atoms with van der Waals surface area (Å²) in [4.78, 5) is 0. The molecule has 18 heavy (non-hydrogen) atoms. The van der Waals surface area contributed by atoms with Gasteiger partial charge in [0.2, 0.25) is 0 Å². The Hall–Kier alpha value is -0.730. The lowest BCUT2D eigenvalue weighted by atomic mass is 9.96. The number of aliphatic hydroxyl groups is 1. The summed E-state index contributed by atoms with van der Waals surface area (Å²) >= 11 is 6.16. The molecular weight excluding hydrogens is 248 g/mol. The highest BCUT2D eigenvalue weighted by atomic mass is 35.5. The number of hydrogen-bond donors (Lipinski definition) is 1. The summed E-state index contributed by atoms with van der Waals surface area (Å²) in [7, 11) is 1.61. The fraction of sp³-hybridized carbons (Fsp3) is 0.600. The zero-order chi connectivity index (χ0) is 13.0. The van der Waals surface area contributed by atoms with E-state index in [0.29, 0.717) is 10.8 Å². The molecule has 1 aliphatic rings. The van der Waals surface area contributed by atoms with Crippen molar-refractivity contribution >= 4 is 11.6 Å². The first-order valence-electron chi connectivity index (χ1n) is 6.73. The topological polar surface area (TPSA) is 29.5 Å². The monoisotopic (exact) mass is 268 g/mol. The number of halogens is 1. The molecule has 2 rings (SSSR count). The molecule has 3 heteroatoms. The number of rotatable bonds is 5. The summed E-state index contributed by atoms with van der Waals surface area (Å²) in [6.07, 6.45) is 6.64. The average Bonchev–Trinajstić information content (AvgIpc) is 2.88. The molecule has 0 amide bonds. The highest BCUT2D eigenvalue weighted by Crippen LogP contribution is 2.37. The van der Waals surface area contributed by atoms with Gasteiger partial charge < -0.3 is 9.84 Å². The number of methoxy groups -OCH3 is 1. The van der Waals surface area contributed by atoms with Gasteiger partial charge in [-0.25, -0.2) is 0 Å².